The Morgan fingerprint density at radius 3 is 2.65 bits per heavy atom. The lowest BCUT2D eigenvalue weighted by atomic mass is 9.94. The molecule has 10 heteroatoms. The molecule has 1 aliphatic carbocycles. The molecule has 2 saturated heterocycles. The summed E-state index contributed by atoms with van der Waals surface area (Å²) in [4.78, 5) is 29.1. The van der Waals surface area contributed by atoms with Gasteiger partial charge in [0, 0.05) is 59.3 Å². The molecule has 1 aromatic carbocycles. The lowest BCUT2D eigenvalue weighted by molar-refractivity contribution is -0.133. The molecule has 1 unspecified atom stereocenters. The molecule has 2 fully saturated rings. The Hall–Kier alpha value is -2.68. The van der Waals surface area contributed by atoms with Crippen LogP contribution in [0.5, 0.6) is 0 Å². The van der Waals surface area contributed by atoms with Crippen molar-refractivity contribution in [3.8, 4) is 11.1 Å². The Kier molecular flexibility index (Phi) is 6.82. The first-order valence-corrected chi connectivity index (χ1v) is 13.5. The molecule has 4 heterocycles. The Labute approximate surface area is 224 Å². The standard InChI is InChI=1S/C27H28Cl2FN5O2/c28-21-12-17(19-2-4-25(33-26(19)30)34-7-9-37-10-8-34)13-22(29)20(21)11-16-5-6-35(27(16)36)18-1-3-23-24(14-18)32-15-31-23/h2,4,12-13,15-16,18H,1,3,5-11,14H2,(H,31,32)/t16?,18-/m1/s1. The molecule has 7 nitrogen and oxygen atoms in total. The Balaban J connectivity index is 1.16. The largest absolute Gasteiger partial charge is 0.378 e. The van der Waals surface area contributed by atoms with E-state index >= 15 is 4.39 Å². The summed E-state index contributed by atoms with van der Waals surface area (Å²) in [6.07, 6.45) is 5.59. The molecule has 37 heavy (non-hydrogen) atoms. The number of ether oxygens (including phenoxy) is 1. The number of imidazole rings is 1. The molecule has 3 aromatic rings. The highest BCUT2D eigenvalue weighted by Gasteiger charge is 2.38. The van der Waals surface area contributed by atoms with Crippen molar-refractivity contribution in [2.75, 3.05) is 37.7 Å². The molecule has 0 spiro atoms. The summed E-state index contributed by atoms with van der Waals surface area (Å²) < 4.78 is 20.4. The minimum Gasteiger partial charge on any atom is -0.378 e. The molecule has 0 radical (unpaired) electrons. The van der Waals surface area contributed by atoms with E-state index in [1.165, 1.54) is 5.69 Å². The number of aromatic amines is 1. The summed E-state index contributed by atoms with van der Waals surface area (Å²) in [7, 11) is 0. The van der Waals surface area contributed by atoms with Crippen molar-refractivity contribution in [2.45, 2.75) is 38.1 Å². The number of morpholine rings is 1. The summed E-state index contributed by atoms with van der Waals surface area (Å²) in [5.41, 5.74) is 3.87. The molecule has 2 aliphatic heterocycles. The number of anilines is 1. The first-order chi connectivity index (χ1) is 18.0. The second-order valence-electron chi connectivity index (χ2n) is 9.97. The lowest BCUT2D eigenvalue weighted by Gasteiger charge is -2.31. The molecule has 6 rings (SSSR count). The molecule has 0 bridgehead atoms. The molecule has 194 valence electrons. The predicted octanol–water partition coefficient (Wildman–Crippen LogP) is 4.70. The van der Waals surface area contributed by atoms with Crippen molar-refractivity contribution >= 4 is 34.9 Å². The minimum absolute atomic E-state index is 0.147. The van der Waals surface area contributed by atoms with E-state index in [4.69, 9.17) is 27.9 Å². The fourth-order valence-corrected chi connectivity index (χ4v) is 6.41. The van der Waals surface area contributed by atoms with E-state index in [1.807, 2.05) is 15.9 Å². The van der Waals surface area contributed by atoms with Gasteiger partial charge in [0.15, 0.2) is 0 Å². The Morgan fingerprint density at radius 2 is 1.89 bits per heavy atom. The van der Waals surface area contributed by atoms with Crippen LogP contribution >= 0.6 is 23.2 Å². The third-order valence-corrected chi connectivity index (χ3v) is 8.50. The zero-order valence-electron chi connectivity index (χ0n) is 20.4. The highest BCUT2D eigenvalue weighted by molar-refractivity contribution is 6.36. The van der Waals surface area contributed by atoms with Gasteiger partial charge in [0.25, 0.3) is 0 Å². The SMILES string of the molecule is O=C1C(Cc2c(Cl)cc(-c3ccc(N4CCOCC4)nc3F)cc2Cl)CCN1[C@@H]1CCc2[nH]cnc2C1. The first kappa shape index (κ1) is 24.6. The molecule has 2 aromatic heterocycles. The predicted molar refractivity (Wildman–Crippen MR) is 141 cm³/mol. The number of likely N-dealkylation sites (tertiary alicyclic amines) is 1. The molecule has 1 N–H and O–H groups in total. The van der Waals surface area contributed by atoms with E-state index in [2.05, 4.69) is 15.0 Å². The summed E-state index contributed by atoms with van der Waals surface area (Å²) in [5.74, 6) is -0.0102. The summed E-state index contributed by atoms with van der Waals surface area (Å²) in [6.45, 7) is 3.30. The molecule has 3 aliphatic rings. The minimum atomic E-state index is -0.571. The topological polar surface area (TPSA) is 74.4 Å². The summed E-state index contributed by atoms with van der Waals surface area (Å²) in [6, 6.07) is 7.13. The average Bonchev–Trinajstić information content (AvgIpc) is 3.52. The van der Waals surface area contributed by atoms with E-state index in [1.54, 1.807) is 24.5 Å². The normalized spacial score (nSPS) is 22.0. The molecular formula is C27H28Cl2FN5O2. The van der Waals surface area contributed by atoms with Crippen LogP contribution in [-0.2, 0) is 28.8 Å². The van der Waals surface area contributed by atoms with Gasteiger partial charge in [-0.1, -0.05) is 23.2 Å². The van der Waals surface area contributed by atoms with Crippen molar-refractivity contribution in [2.24, 2.45) is 5.92 Å². The summed E-state index contributed by atoms with van der Waals surface area (Å²) in [5, 5.41) is 0.869. The van der Waals surface area contributed by atoms with Gasteiger partial charge in [0.1, 0.15) is 5.82 Å². The fourth-order valence-electron chi connectivity index (χ4n) is 5.77. The van der Waals surface area contributed by atoms with Gasteiger partial charge in [-0.15, -0.1) is 0 Å². The van der Waals surface area contributed by atoms with Crippen molar-refractivity contribution in [1.29, 1.82) is 0 Å². The van der Waals surface area contributed by atoms with Crippen LogP contribution in [0.25, 0.3) is 11.1 Å². The Morgan fingerprint density at radius 1 is 1.11 bits per heavy atom. The third-order valence-electron chi connectivity index (χ3n) is 7.83. The molecule has 0 saturated carbocycles. The zero-order valence-corrected chi connectivity index (χ0v) is 21.9. The van der Waals surface area contributed by atoms with Gasteiger partial charge < -0.3 is 19.5 Å². The number of fused-ring (bicyclic) bond motifs is 1. The van der Waals surface area contributed by atoms with Gasteiger partial charge in [-0.2, -0.15) is 4.39 Å². The second-order valence-corrected chi connectivity index (χ2v) is 10.8. The summed E-state index contributed by atoms with van der Waals surface area (Å²) >= 11 is 13.3. The number of halogens is 3. The smallest absolute Gasteiger partial charge is 0.226 e. The average molecular weight is 544 g/mol. The molecular weight excluding hydrogens is 516 g/mol. The van der Waals surface area contributed by atoms with E-state index in [0.717, 1.165) is 43.5 Å². The van der Waals surface area contributed by atoms with Crippen LogP contribution in [0.3, 0.4) is 0 Å². The maximum Gasteiger partial charge on any atom is 0.226 e. The number of rotatable bonds is 5. The number of nitrogens with one attached hydrogen (secondary N) is 1. The van der Waals surface area contributed by atoms with Gasteiger partial charge in [0.05, 0.1) is 25.2 Å². The number of benzene rings is 1. The van der Waals surface area contributed by atoms with E-state index in [9.17, 15) is 4.79 Å². The number of hydrogen-bond donors (Lipinski definition) is 1. The van der Waals surface area contributed by atoms with Crippen LogP contribution in [0.1, 0.15) is 29.8 Å². The number of aryl methyl sites for hydroxylation is 1. The number of nitrogens with zero attached hydrogens (tertiary/aromatic N) is 4. The number of carbonyl (C=O) groups excluding carboxylic acids is 1. The molecule has 1 amide bonds. The van der Waals surface area contributed by atoms with Crippen LogP contribution in [0.4, 0.5) is 10.2 Å². The highest BCUT2D eigenvalue weighted by Crippen LogP contribution is 2.37. The fraction of sp³-hybridized carbons (Fsp3) is 0.444. The van der Waals surface area contributed by atoms with Gasteiger partial charge >= 0.3 is 0 Å². The van der Waals surface area contributed by atoms with Crippen LogP contribution < -0.4 is 4.90 Å². The van der Waals surface area contributed by atoms with Crippen molar-refractivity contribution in [3.05, 3.63) is 63.5 Å². The van der Waals surface area contributed by atoms with Crippen molar-refractivity contribution < 1.29 is 13.9 Å². The van der Waals surface area contributed by atoms with Gasteiger partial charge in [-0.05, 0) is 61.1 Å². The first-order valence-electron chi connectivity index (χ1n) is 12.8. The van der Waals surface area contributed by atoms with Gasteiger partial charge in [-0.3, -0.25) is 4.79 Å². The third kappa shape index (κ3) is 4.82. The molecule has 2 atom stereocenters. The zero-order chi connectivity index (χ0) is 25.5. The number of H-pyrrole nitrogens is 1. The van der Waals surface area contributed by atoms with Gasteiger partial charge in [-0.25, -0.2) is 9.97 Å². The van der Waals surface area contributed by atoms with Crippen LogP contribution in [-0.4, -0.2) is 64.6 Å². The second kappa shape index (κ2) is 10.2. The number of pyridine rings is 1. The maximum atomic E-state index is 15.0. The van der Waals surface area contributed by atoms with E-state index < -0.39 is 5.95 Å². The number of amides is 1. The van der Waals surface area contributed by atoms with Crippen LogP contribution in [0.15, 0.2) is 30.6 Å². The quantitative estimate of drug-likeness (QED) is 0.472. The van der Waals surface area contributed by atoms with Crippen LogP contribution in [0, 0.1) is 11.9 Å². The van der Waals surface area contributed by atoms with Crippen molar-refractivity contribution in [3.63, 3.8) is 0 Å². The number of carbonyl (C=O) groups is 1. The van der Waals surface area contributed by atoms with Gasteiger partial charge in [0.2, 0.25) is 11.9 Å². The van der Waals surface area contributed by atoms with E-state index in [-0.39, 0.29) is 17.9 Å². The number of aromatic nitrogens is 3. The van der Waals surface area contributed by atoms with E-state index in [0.29, 0.717) is 59.7 Å². The van der Waals surface area contributed by atoms with Crippen molar-refractivity contribution in [1.82, 2.24) is 19.9 Å². The maximum absolute atomic E-state index is 15.0. The Bertz CT molecular complexity index is 1300. The highest BCUT2D eigenvalue weighted by atomic mass is 35.5. The van der Waals surface area contributed by atoms with Crippen LogP contribution in [0.2, 0.25) is 10.0 Å². The lowest BCUT2D eigenvalue weighted by Crippen LogP contribution is -2.41. The number of hydrogen-bond acceptors (Lipinski definition) is 5. The monoisotopic (exact) mass is 543 g/mol.